The summed E-state index contributed by atoms with van der Waals surface area (Å²) in [6.07, 6.45) is 3.38. The molecule has 0 saturated heterocycles. The molecule has 7 heteroatoms. The van der Waals surface area contributed by atoms with Gasteiger partial charge in [-0.2, -0.15) is 0 Å². The van der Waals surface area contributed by atoms with E-state index in [-0.39, 0.29) is 12.2 Å². The molecule has 0 N–H and O–H groups in total. The van der Waals surface area contributed by atoms with Gasteiger partial charge >= 0.3 is 5.97 Å². The molecule has 0 unspecified atom stereocenters. The summed E-state index contributed by atoms with van der Waals surface area (Å²) in [5.74, 6) is -0.501. The summed E-state index contributed by atoms with van der Waals surface area (Å²) in [6, 6.07) is 16.8. The Morgan fingerprint density at radius 2 is 1.88 bits per heavy atom. The Morgan fingerprint density at radius 1 is 1.18 bits per heavy atom. The van der Waals surface area contributed by atoms with Crippen LogP contribution in [-0.4, -0.2) is 31.2 Å². The van der Waals surface area contributed by atoms with Crippen molar-refractivity contribution >= 4 is 29.1 Å². The second-order valence-corrected chi connectivity index (χ2v) is 8.87. The predicted octanol–water partition coefficient (Wildman–Crippen LogP) is 3.03. The Labute approximate surface area is 196 Å². The van der Waals surface area contributed by atoms with Crippen molar-refractivity contribution in [1.82, 2.24) is 4.57 Å². The van der Waals surface area contributed by atoms with E-state index in [9.17, 15) is 9.59 Å². The van der Waals surface area contributed by atoms with Crippen LogP contribution in [0.4, 0.5) is 5.69 Å². The zero-order chi connectivity index (χ0) is 23.5. The fourth-order valence-electron chi connectivity index (χ4n) is 3.77. The second-order valence-electron chi connectivity index (χ2n) is 7.87. The fourth-order valence-corrected chi connectivity index (χ4v) is 4.81. The van der Waals surface area contributed by atoms with Gasteiger partial charge in [0, 0.05) is 19.8 Å². The number of ether oxygens (including phenoxy) is 1. The summed E-state index contributed by atoms with van der Waals surface area (Å²) in [7, 11) is 3.97. The largest absolute Gasteiger partial charge is 0.458 e. The van der Waals surface area contributed by atoms with Crippen molar-refractivity contribution in [2.75, 3.05) is 25.6 Å². The lowest BCUT2D eigenvalue weighted by Crippen LogP contribution is -2.39. The molecule has 3 aromatic rings. The van der Waals surface area contributed by atoms with Gasteiger partial charge in [0.05, 0.1) is 21.8 Å². The predicted molar refractivity (Wildman–Crippen MR) is 132 cm³/mol. The number of rotatable bonds is 6. The van der Waals surface area contributed by atoms with Crippen molar-refractivity contribution in [1.29, 1.82) is 0 Å². The molecule has 1 aliphatic heterocycles. The molecule has 0 aliphatic carbocycles. The normalized spacial score (nSPS) is 15.6. The van der Waals surface area contributed by atoms with Gasteiger partial charge in [0.15, 0.2) is 4.80 Å². The first-order valence-corrected chi connectivity index (χ1v) is 11.3. The van der Waals surface area contributed by atoms with Crippen LogP contribution in [-0.2, 0) is 9.53 Å². The number of fused-ring (bicyclic) bond motifs is 1. The van der Waals surface area contributed by atoms with Crippen LogP contribution < -0.4 is 19.8 Å². The Morgan fingerprint density at radius 3 is 2.52 bits per heavy atom. The van der Waals surface area contributed by atoms with Gasteiger partial charge in [-0.15, -0.1) is 0 Å². The Balaban J connectivity index is 1.87. The summed E-state index contributed by atoms with van der Waals surface area (Å²) >= 11 is 1.32. The zero-order valence-electron chi connectivity index (χ0n) is 18.8. The molecule has 0 amide bonds. The molecular formula is C26H25N3O3S. The highest BCUT2D eigenvalue weighted by Crippen LogP contribution is 2.30. The van der Waals surface area contributed by atoms with Crippen molar-refractivity contribution in [3.63, 3.8) is 0 Å². The van der Waals surface area contributed by atoms with Gasteiger partial charge in [-0.25, -0.2) is 9.79 Å². The number of carbonyl (C=O) groups is 1. The lowest BCUT2D eigenvalue weighted by atomic mass is 9.96. The van der Waals surface area contributed by atoms with E-state index in [2.05, 4.69) is 11.6 Å². The second kappa shape index (κ2) is 9.42. The van der Waals surface area contributed by atoms with Crippen molar-refractivity contribution in [2.45, 2.75) is 13.0 Å². The maximum absolute atomic E-state index is 13.5. The summed E-state index contributed by atoms with van der Waals surface area (Å²) in [6.45, 7) is 5.47. The van der Waals surface area contributed by atoms with Gasteiger partial charge in [-0.3, -0.25) is 9.36 Å². The third-order valence-electron chi connectivity index (χ3n) is 5.40. The molecule has 0 bridgehead atoms. The Bertz CT molecular complexity index is 1400. The van der Waals surface area contributed by atoms with Crippen molar-refractivity contribution < 1.29 is 9.53 Å². The fraction of sp³-hybridized carbons (Fsp3) is 0.192. The van der Waals surface area contributed by atoms with E-state index in [1.54, 1.807) is 11.5 Å². The topological polar surface area (TPSA) is 63.9 Å². The smallest absolute Gasteiger partial charge is 0.338 e. The first-order chi connectivity index (χ1) is 15.9. The number of hydrogen-bond acceptors (Lipinski definition) is 6. The molecule has 6 nitrogen and oxygen atoms in total. The number of nitrogens with zero attached hydrogens (tertiary/aromatic N) is 3. The molecule has 0 saturated carbocycles. The third kappa shape index (κ3) is 4.45. The number of anilines is 1. The van der Waals surface area contributed by atoms with Crippen LogP contribution in [0.25, 0.3) is 6.08 Å². The lowest BCUT2D eigenvalue weighted by Gasteiger charge is -2.24. The van der Waals surface area contributed by atoms with Gasteiger partial charge in [-0.05, 0) is 36.3 Å². The molecule has 0 fully saturated rings. The van der Waals surface area contributed by atoms with E-state index in [0.29, 0.717) is 20.6 Å². The number of carbonyl (C=O) groups excluding carboxylic acids is 1. The Kier molecular flexibility index (Phi) is 6.42. The minimum Gasteiger partial charge on any atom is -0.458 e. The zero-order valence-corrected chi connectivity index (χ0v) is 19.6. The summed E-state index contributed by atoms with van der Waals surface area (Å²) in [4.78, 5) is 33.7. The monoisotopic (exact) mass is 459 g/mol. The van der Waals surface area contributed by atoms with E-state index < -0.39 is 12.0 Å². The minimum absolute atomic E-state index is 0.0878. The highest BCUT2D eigenvalue weighted by molar-refractivity contribution is 7.07. The maximum Gasteiger partial charge on any atom is 0.338 e. The van der Waals surface area contributed by atoms with Gasteiger partial charge in [0.25, 0.3) is 5.56 Å². The average molecular weight is 460 g/mol. The van der Waals surface area contributed by atoms with Crippen LogP contribution in [0, 0.1) is 0 Å². The van der Waals surface area contributed by atoms with Crippen LogP contribution in [0.15, 0.2) is 88.3 Å². The molecule has 1 aliphatic rings. The van der Waals surface area contributed by atoms with Gasteiger partial charge < -0.3 is 9.64 Å². The number of thiazole rings is 1. The van der Waals surface area contributed by atoms with E-state index in [0.717, 1.165) is 16.8 Å². The maximum atomic E-state index is 13.5. The molecule has 33 heavy (non-hydrogen) atoms. The van der Waals surface area contributed by atoms with E-state index in [4.69, 9.17) is 4.74 Å². The number of benzene rings is 2. The van der Waals surface area contributed by atoms with Crippen LogP contribution >= 0.6 is 11.3 Å². The molecule has 168 valence electrons. The summed E-state index contributed by atoms with van der Waals surface area (Å²) < 4.78 is 7.49. The third-order valence-corrected chi connectivity index (χ3v) is 6.38. The van der Waals surface area contributed by atoms with Crippen LogP contribution in [0.5, 0.6) is 0 Å². The van der Waals surface area contributed by atoms with Crippen molar-refractivity contribution in [3.8, 4) is 0 Å². The SMILES string of the molecule is C=CCOC(=O)C1=C(C)N=c2s/c(=C\c3ccc(N(C)C)cc3)c(=O)n2[C@@H]1c1ccccc1. The average Bonchev–Trinajstić information content (AvgIpc) is 3.11. The van der Waals surface area contributed by atoms with E-state index in [1.165, 1.54) is 17.4 Å². The van der Waals surface area contributed by atoms with Crippen LogP contribution in [0.1, 0.15) is 24.1 Å². The standard InChI is InChI=1S/C26H25N3O3S/c1-5-15-32-25(31)22-17(2)27-26-29(23(22)19-9-7-6-8-10-19)24(30)21(33-26)16-18-11-13-20(14-12-18)28(3)4/h5-14,16,23H,1,15H2,2-4H3/b21-16-/t23-/m1/s1. The molecule has 1 aromatic heterocycles. The van der Waals surface area contributed by atoms with Crippen molar-refractivity contribution in [3.05, 3.63) is 109 Å². The molecule has 2 heterocycles. The molecule has 2 aromatic carbocycles. The number of esters is 1. The highest BCUT2D eigenvalue weighted by Gasteiger charge is 2.33. The number of allylic oxidation sites excluding steroid dienone is 1. The Hall–Kier alpha value is -3.71. The first kappa shape index (κ1) is 22.5. The summed E-state index contributed by atoms with van der Waals surface area (Å²) in [5.41, 5.74) is 3.53. The van der Waals surface area contributed by atoms with Crippen LogP contribution in [0.3, 0.4) is 0 Å². The molecule has 0 spiro atoms. The lowest BCUT2D eigenvalue weighted by molar-refractivity contribution is -0.138. The highest BCUT2D eigenvalue weighted by atomic mass is 32.1. The molecular weight excluding hydrogens is 434 g/mol. The molecule has 1 atom stereocenters. The minimum atomic E-state index is -0.613. The van der Waals surface area contributed by atoms with Crippen LogP contribution in [0.2, 0.25) is 0 Å². The van der Waals surface area contributed by atoms with Gasteiger partial charge in [-0.1, -0.05) is 66.5 Å². The molecule has 0 radical (unpaired) electrons. The van der Waals surface area contributed by atoms with Gasteiger partial charge in [0.2, 0.25) is 0 Å². The van der Waals surface area contributed by atoms with E-state index in [1.807, 2.05) is 79.7 Å². The quantitative estimate of drug-likeness (QED) is 0.420. The van der Waals surface area contributed by atoms with Gasteiger partial charge in [0.1, 0.15) is 6.61 Å². The van der Waals surface area contributed by atoms with E-state index >= 15 is 0 Å². The number of hydrogen-bond donors (Lipinski definition) is 0. The molecule has 4 rings (SSSR count). The first-order valence-electron chi connectivity index (χ1n) is 10.5. The summed E-state index contributed by atoms with van der Waals surface area (Å²) in [5, 5.41) is 0. The number of aromatic nitrogens is 1. The van der Waals surface area contributed by atoms with Crippen molar-refractivity contribution in [2.24, 2.45) is 4.99 Å².